The molecule has 0 radical (unpaired) electrons. The van der Waals surface area contributed by atoms with E-state index in [0.29, 0.717) is 17.0 Å². The number of sulfonamides is 1. The third-order valence-electron chi connectivity index (χ3n) is 4.66. The van der Waals surface area contributed by atoms with E-state index in [1.807, 2.05) is 49.4 Å². The minimum atomic E-state index is -3.63. The number of anilines is 1. The van der Waals surface area contributed by atoms with Crippen molar-refractivity contribution >= 4 is 49.4 Å². The van der Waals surface area contributed by atoms with E-state index in [0.717, 1.165) is 27.7 Å². The predicted molar refractivity (Wildman–Crippen MR) is 125 cm³/mol. The number of hydrazone groups is 1. The molecule has 31 heavy (non-hydrogen) atoms. The van der Waals surface area contributed by atoms with Crippen LogP contribution >= 0.6 is 11.3 Å². The van der Waals surface area contributed by atoms with Crippen LogP contribution in [0.5, 0.6) is 0 Å². The van der Waals surface area contributed by atoms with Gasteiger partial charge in [-0.05, 0) is 53.4 Å². The number of benzene rings is 3. The van der Waals surface area contributed by atoms with Crippen LogP contribution in [0.2, 0.25) is 0 Å². The lowest BCUT2D eigenvalue weighted by atomic mass is 10.0. The summed E-state index contributed by atoms with van der Waals surface area (Å²) in [5, 5.41) is 8.10. The molecule has 1 heterocycles. The third kappa shape index (κ3) is 4.65. The van der Waals surface area contributed by atoms with Crippen molar-refractivity contribution in [2.75, 3.05) is 4.72 Å². The van der Waals surface area contributed by atoms with Crippen LogP contribution in [-0.4, -0.2) is 20.0 Å². The fourth-order valence-corrected chi connectivity index (χ4v) is 5.16. The summed E-state index contributed by atoms with van der Waals surface area (Å²) < 4.78 is 27.3. The number of carbonyl (C=O) groups excluding carboxylic acids is 1. The normalized spacial score (nSPS) is 12.0. The average molecular weight is 450 g/mol. The van der Waals surface area contributed by atoms with Gasteiger partial charge in [0.1, 0.15) is 4.21 Å². The summed E-state index contributed by atoms with van der Waals surface area (Å²) >= 11 is 1.14. The maximum Gasteiger partial charge on any atom is 0.271 e. The predicted octanol–water partition coefficient (Wildman–Crippen LogP) is 4.86. The Labute approximate surface area is 184 Å². The summed E-state index contributed by atoms with van der Waals surface area (Å²) in [7, 11) is -3.63. The molecule has 0 aliphatic rings. The zero-order valence-corrected chi connectivity index (χ0v) is 18.2. The number of fused-ring (bicyclic) bond motifs is 1. The van der Waals surface area contributed by atoms with Crippen LogP contribution in [0.25, 0.3) is 10.8 Å². The highest BCUT2D eigenvalue weighted by molar-refractivity contribution is 7.94. The van der Waals surface area contributed by atoms with E-state index in [4.69, 9.17) is 0 Å². The number of nitrogens with one attached hydrogen (secondary N) is 2. The maximum absolute atomic E-state index is 12.5. The second-order valence-corrected chi connectivity index (χ2v) is 9.64. The first-order chi connectivity index (χ1) is 14.9. The molecule has 0 atom stereocenters. The molecule has 0 aliphatic carbocycles. The lowest BCUT2D eigenvalue weighted by molar-refractivity contribution is 0.0955. The van der Waals surface area contributed by atoms with Crippen molar-refractivity contribution in [3.8, 4) is 0 Å². The van der Waals surface area contributed by atoms with Crippen molar-refractivity contribution in [1.29, 1.82) is 0 Å². The SMILES string of the molecule is CC(=NNC(=O)c1ccc(NS(=O)(=O)c2cccs2)cc1)c1cccc2ccccc12. The Kier molecular flexibility index (Phi) is 5.83. The molecule has 4 rings (SSSR count). The molecule has 3 aromatic carbocycles. The molecule has 8 heteroatoms. The van der Waals surface area contributed by atoms with Gasteiger partial charge in [-0.3, -0.25) is 9.52 Å². The van der Waals surface area contributed by atoms with Gasteiger partial charge in [0.15, 0.2) is 0 Å². The first-order valence-corrected chi connectivity index (χ1v) is 11.8. The lowest BCUT2D eigenvalue weighted by Crippen LogP contribution is -2.19. The molecule has 0 spiro atoms. The van der Waals surface area contributed by atoms with E-state index in [1.165, 1.54) is 6.07 Å². The van der Waals surface area contributed by atoms with E-state index in [9.17, 15) is 13.2 Å². The van der Waals surface area contributed by atoms with Gasteiger partial charge in [-0.25, -0.2) is 13.8 Å². The number of rotatable bonds is 6. The standard InChI is InChI=1S/C23H19N3O3S2/c1-16(20-9-4-7-17-6-2-3-8-21(17)20)24-25-23(27)18-11-13-19(14-12-18)26-31(28,29)22-10-5-15-30-22/h2-15,26H,1H3,(H,25,27). The first kappa shape index (κ1) is 20.8. The number of thiophene rings is 1. The molecule has 1 amide bonds. The topological polar surface area (TPSA) is 87.6 Å². The minimum Gasteiger partial charge on any atom is -0.279 e. The van der Waals surface area contributed by atoms with Crippen LogP contribution in [0.4, 0.5) is 5.69 Å². The highest BCUT2D eigenvalue weighted by Crippen LogP contribution is 2.21. The van der Waals surface area contributed by atoms with E-state index in [2.05, 4.69) is 15.2 Å². The Morgan fingerprint density at radius 2 is 1.65 bits per heavy atom. The molecule has 0 saturated heterocycles. The molecule has 0 fully saturated rings. The summed E-state index contributed by atoms with van der Waals surface area (Å²) in [5.74, 6) is -0.382. The van der Waals surface area contributed by atoms with Crippen LogP contribution in [-0.2, 0) is 10.0 Å². The molecule has 156 valence electrons. The van der Waals surface area contributed by atoms with Crippen molar-refractivity contribution < 1.29 is 13.2 Å². The van der Waals surface area contributed by atoms with Crippen LogP contribution in [0, 0.1) is 0 Å². The van der Waals surface area contributed by atoms with Gasteiger partial charge in [-0.2, -0.15) is 5.10 Å². The average Bonchev–Trinajstić information content (AvgIpc) is 3.33. The molecular formula is C23H19N3O3S2. The molecule has 1 aromatic heterocycles. The second-order valence-electron chi connectivity index (χ2n) is 6.78. The van der Waals surface area contributed by atoms with Crippen molar-refractivity contribution in [2.24, 2.45) is 5.10 Å². The Bertz CT molecular complexity index is 1360. The molecule has 4 aromatic rings. The number of carbonyl (C=O) groups is 1. The van der Waals surface area contributed by atoms with E-state index in [1.54, 1.807) is 35.7 Å². The summed E-state index contributed by atoms with van der Waals surface area (Å²) in [5.41, 5.74) is 4.94. The summed E-state index contributed by atoms with van der Waals surface area (Å²) in [6.07, 6.45) is 0. The quantitative estimate of drug-likeness (QED) is 0.326. The molecular weight excluding hydrogens is 430 g/mol. The van der Waals surface area contributed by atoms with Gasteiger partial charge in [0.2, 0.25) is 0 Å². The molecule has 0 saturated carbocycles. The van der Waals surface area contributed by atoms with E-state index >= 15 is 0 Å². The highest BCUT2D eigenvalue weighted by Gasteiger charge is 2.15. The number of nitrogens with zero attached hydrogens (tertiary/aromatic N) is 1. The molecule has 0 aliphatic heterocycles. The highest BCUT2D eigenvalue weighted by atomic mass is 32.2. The molecule has 0 unspecified atom stereocenters. The second kappa shape index (κ2) is 8.71. The van der Waals surface area contributed by atoms with E-state index < -0.39 is 10.0 Å². The maximum atomic E-state index is 12.5. The Balaban J connectivity index is 1.46. The monoisotopic (exact) mass is 449 g/mol. The minimum absolute atomic E-state index is 0.229. The van der Waals surface area contributed by atoms with Crippen LogP contribution < -0.4 is 10.1 Å². The van der Waals surface area contributed by atoms with Gasteiger partial charge in [0, 0.05) is 16.8 Å². The summed E-state index contributed by atoms with van der Waals surface area (Å²) in [6.45, 7) is 1.84. The molecule has 2 N–H and O–H groups in total. The van der Waals surface area contributed by atoms with Crippen LogP contribution in [0.15, 0.2) is 93.6 Å². The van der Waals surface area contributed by atoms with Crippen molar-refractivity contribution in [1.82, 2.24) is 5.43 Å². The van der Waals surface area contributed by atoms with Gasteiger partial charge < -0.3 is 0 Å². The van der Waals surface area contributed by atoms with Crippen LogP contribution in [0.3, 0.4) is 0 Å². The molecule has 6 nitrogen and oxygen atoms in total. The Morgan fingerprint density at radius 3 is 2.39 bits per heavy atom. The Morgan fingerprint density at radius 1 is 0.903 bits per heavy atom. The number of hydrogen-bond donors (Lipinski definition) is 2. The smallest absolute Gasteiger partial charge is 0.271 e. The summed E-state index contributed by atoms with van der Waals surface area (Å²) in [6, 6.07) is 23.3. The van der Waals surface area contributed by atoms with Crippen molar-refractivity contribution in [2.45, 2.75) is 11.1 Å². The summed E-state index contributed by atoms with van der Waals surface area (Å²) in [4.78, 5) is 12.5. The zero-order chi connectivity index (χ0) is 21.8. The van der Waals surface area contributed by atoms with Crippen molar-refractivity contribution in [3.63, 3.8) is 0 Å². The number of hydrogen-bond acceptors (Lipinski definition) is 5. The van der Waals surface area contributed by atoms with Gasteiger partial charge in [0.25, 0.3) is 15.9 Å². The first-order valence-electron chi connectivity index (χ1n) is 9.43. The van der Waals surface area contributed by atoms with Gasteiger partial charge in [-0.15, -0.1) is 11.3 Å². The molecule has 0 bridgehead atoms. The number of amides is 1. The zero-order valence-electron chi connectivity index (χ0n) is 16.6. The van der Waals surface area contributed by atoms with Gasteiger partial charge in [0.05, 0.1) is 5.71 Å². The lowest BCUT2D eigenvalue weighted by Gasteiger charge is -2.08. The van der Waals surface area contributed by atoms with Gasteiger partial charge in [-0.1, -0.05) is 48.5 Å². The Hall–Kier alpha value is -3.49. The van der Waals surface area contributed by atoms with Gasteiger partial charge >= 0.3 is 0 Å². The van der Waals surface area contributed by atoms with Crippen LogP contribution in [0.1, 0.15) is 22.8 Å². The third-order valence-corrected chi connectivity index (χ3v) is 7.44. The van der Waals surface area contributed by atoms with E-state index in [-0.39, 0.29) is 10.1 Å². The fourth-order valence-electron chi connectivity index (χ4n) is 3.11. The fraction of sp³-hybridized carbons (Fsp3) is 0.0435. The largest absolute Gasteiger partial charge is 0.279 e. The van der Waals surface area contributed by atoms with Crippen molar-refractivity contribution in [3.05, 3.63) is 95.4 Å².